The number of azo groups is 1. The molecule has 3 heterocycles. The fourth-order valence-corrected chi connectivity index (χ4v) is 5.09. The van der Waals surface area contributed by atoms with Crippen LogP contribution in [0.3, 0.4) is 0 Å². The van der Waals surface area contributed by atoms with E-state index in [-0.39, 0.29) is 5.91 Å². The van der Waals surface area contributed by atoms with Gasteiger partial charge in [0.15, 0.2) is 0 Å². The lowest BCUT2D eigenvalue weighted by atomic mass is 9.96. The van der Waals surface area contributed by atoms with Crippen molar-refractivity contribution < 1.29 is 4.79 Å². The Morgan fingerprint density at radius 1 is 0.744 bits per heavy atom. The summed E-state index contributed by atoms with van der Waals surface area (Å²) in [6.45, 7) is 9.50. The third-order valence-electron chi connectivity index (χ3n) is 7.38. The molecule has 3 aromatic carbocycles. The van der Waals surface area contributed by atoms with Gasteiger partial charge in [0.1, 0.15) is 11.4 Å². The van der Waals surface area contributed by atoms with Crippen molar-refractivity contribution >= 4 is 17.3 Å². The van der Waals surface area contributed by atoms with Crippen molar-refractivity contribution in [2.45, 2.75) is 34.6 Å². The van der Waals surface area contributed by atoms with Crippen LogP contribution in [0.5, 0.6) is 0 Å². The minimum atomic E-state index is -0.294. The molecule has 0 bridgehead atoms. The number of hydrogen-bond acceptors (Lipinski definition) is 7. The molecular formula is C34H30N8O. The van der Waals surface area contributed by atoms with Crippen LogP contribution in [0.1, 0.15) is 38.7 Å². The number of hydrogen-bond donors (Lipinski definition) is 0. The molecule has 6 rings (SSSR count). The number of aryl methyl sites for hydroxylation is 3. The first kappa shape index (κ1) is 27.6. The first-order valence-corrected chi connectivity index (χ1v) is 14.0. The van der Waals surface area contributed by atoms with E-state index < -0.39 is 0 Å². The van der Waals surface area contributed by atoms with Crippen LogP contribution in [0, 0.1) is 34.6 Å². The van der Waals surface area contributed by atoms with Gasteiger partial charge in [-0.25, -0.2) is 4.68 Å². The number of nitrogens with zero attached hydrogens (tertiary/aromatic N) is 8. The van der Waals surface area contributed by atoms with Crippen molar-refractivity contribution in [3.8, 4) is 28.2 Å². The average Bonchev–Trinajstić information content (AvgIpc) is 3.54. The van der Waals surface area contributed by atoms with E-state index in [4.69, 9.17) is 4.98 Å². The maximum absolute atomic E-state index is 14.2. The lowest BCUT2D eigenvalue weighted by Crippen LogP contribution is -2.18. The van der Waals surface area contributed by atoms with E-state index in [1.165, 1.54) is 10.2 Å². The van der Waals surface area contributed by atoms with Crippen molar-refractivity contribution in [1.29, 1.82) is 0 Å². The second-order valence-electron chi connectivity index (χ2n) is 10.4. The van der Waals surface area contributed by atoms with E-state index in [1.54, 1.807) is 4.68 Å². The highest BCUT2D eigenvalue weighted by Gasteiger charge is 2.25. The van der Waals surface area contributed by atoms with E-state index in [2.05, 4.69) is 25.6 Å². The molecule has 0 radical (unpaired) electrons. The summed E-state index contributed by atoms with van der Waals surface area (Å²) in [6, 6.07) is 29.3. The molecule has 0 aliphatic heterocycles. The van der Waals surface area contributed by atoms with Crippen molar-refractivity contribution in [2.75, 3.05) is 0 Å². The van der Waals surface area contributed by atoms with Gasteiger partial charge in [0.05, 0.1) is 45.4 Å². The normalized spacial score (nSPS) is 11.4. The first-order valence-electron chi connectivity index (χ1n) is 14.0. The van der Waals surface area contributed by atoms with Gasteiger partial charge < -0.3 is 0 Å². The molecule has 0 aliphatic carbocycles. The predicted octanol–water partition coefficient (Wildman–Crippen LogP) is 7.84. The minimum absolute atomic E-state index is 0.294. The summed E-state index contributed by atoms with van der Waals surface area (Å²) in [4.78, 5) is 19.1. The Hall–Kier alpha value is -5.57. The van der Waals surface area contributed by atoms with E-state index in [0.717, 1.165) is 28.2 Å². The Balaban J connectivity index is 1.44. The first-order chi connectivity index (χ1) is 20.8. The van der Waals surface area contributed by atoms with Gasteiger partial charge in [0.25, 0.3) is 5.91 Å². The van der Waals surface area contributed by atoms with Crippen LogP contribution in [0.15, 0.2) is 101 Å². The topological polar surface area (TPSA) is 103 Å². The molecule has 0 amide bonds. The van der Waals surface area contributed by atoms with Gasteiger partial charge in [-0.1, -0.05) is 71.4 Å². The Morgan fingerprint density at radius 3 is 2.12 bits per heavy atom. The number of rotatable bonds is 6. The Kier molecular flexibility index (Phi) is 7.29. The smallest absolute Gasteiger partial charge is 0.267 e. The van der Waals surface area contributed by atoms with Crippen LogP contribution < -0.4 is 0 Å². The molecule has 9 heteroatoms. The maximum Gasteiger partial charge on any atom is 0.280 e. The average molecular weight is 567 g/mol. The van der Waals surface area contributed by atoms with Crippen molar-refractivity contribution in [3.63, 3.8) is 0 Å². The van der Waals surface area contributed by atoms with Crippen LogP contribution in [-0.2, 0) is 0 Å². The zero-order valence-corrected chi connectivity index (χ0v) is 24.6. The second-order valence-corrected chi connectivity index (χ2v) is 10.4. The standard InChI is InChI=1S/C34H30N8O/c1-21-16-18-28(19-17-21)41-25(5)33(38-40-41)30-20-29(26-12-8-6-9-13-26)31(22(2)35-30)34(43)42-24(4)32(23(3)39-42)37-36-27-14-10-7-11-15-27/h6-20H,1-5H3. The molecule has 0 saturated heterocycles. The minimum Gasteiger partial charge on any atom is -0.267 e. The summed E-state index contributed by atoms with van der Waals surface area (Å²) < 4.78 is 3.19. The Morgan fingerprint density at radius 2 is 1.42 bits per heavy atom. The van der Waals surface area contributed by atoms with Gasteiger partial charge in [-0.2, -0.15) is 14.9 Å². The van der Waals surface area contributed by atoms with E-state index in [0.29, 0.717) is 39.7 Å². The highest BCUT2D eigenvalue weighted by atomic mass is 16.2. The molecule has 0 unspecified atom stereocenters. The zero-order chi connectivity index (χ0) is 30.1. The molecule has 0 spiro atoms. The highest BCUT2D eigenvalue weighted by Crippen LogP contribution is 2.33. The van der Waals surface area contributed by atoms with Gasteiger partial charge in [-0.3, -0.25) is 9.78 Å². The Bertz CT molecular complexity index is 1970. The highest BCUT2D eigenvalue weighted by molar-refractivity contribution is 6.04. The largest absolute Gasteiger partial charge is 0.280 e. The molecule has 0 fully saturated rings. The molecule has 0 saturated carbocycles. The molecule has 9 nitrogen and oxygen atoms in total. The molecule has 43 heavy (non-hydrogen) atoms. The van der Waals surface area contributed by atoms with Crippen LogP contribution in [0.4, 0.5) is 11.4 Å². The van der Waals surface area contributed by atoms with Crippen molar-refractivity contribution in [1.82, 2.24) is 29.8 Å². The predicted molar refractivity (Wildman–Crippen MR) is 166 cm³/mol. The van der Waals surface area contributed by atoms with Crippen molar-refractivity contribution in [2.24, 2.45) is 10.2 Å². The van der Waals surface area contributed by atoms with Crippen LogP contribution in [-0.4, -0.2) is 35.7 Å². The molecular weight excluding hydrogens is 536 g/mol. The Labute approximate surface area is 249 Å². The number of pyridine rings is 1. The van der Waals surface area contributed by atoms with Crippen LogP contribution in [0.2, 0.25) is 0 Å². The third kappa shape index (κ3) is 5.28. The van der Waals surface area contributed by atoms with Gasteiger partial charge in [-0.05, 0) is 76.1 Å². The summed E-state index contributed by atoms with van der Waals surface area (Å²) in [5.74, 6) is -0.294. The van der Waals surface area contributed by atoms with Crippen LogP contribution in [0.25, 0.3) is 28.2 Å². The van der Waals surface area contributed by atoms with Gasteiger partial charge in [0, 0.05) is 0 Å². The summed E-state index contributed by atoms with van der Waals surface area (Å²) >= 11 is 0. The maximum atomic E-state index is 14.2. The number of aromatic nitrogens is 6. The lowest BCUT2D eigenvalue weighted by Gasteiger charge is -2.14. The second kappa shape index (κ2) is 11.4. The summed E-state index contributed by atoms with van der Waals surface area (Å²) in [7, 11) is 0. The molecule has 3 aromatic heterocycles. The van der Waals surface area contributed by atoms with Gasteiger partial charge >= 0.3 is 0 Å². The van der Waals surface area contributed by atoms with E-state index >= 15 is 0 Å². The van der Waals surface area contributed by atoms with Gasteiger partial charge in [-0.15, -0.1) is 10.2 Å². The zero-order valence-electron chi connectivity index (χ0n) is 24.6. The van der Waals surface area contributed by atoms with E-state index in [9.17, 15) is 4.79 Å². The summed E-state index contributed by atoms with van der Waals surface area (Å²) in [5, 5.41) is 22.3. The van der Waals surface area contributed by atoms with Crippen LogP contribution >= 0.6 is 0 Å². The van der Waals surface area contributed by atoms with Gasteiger partial charge in [0.2, 0.25) is 0 Å². The SMILES string of the molecule is Cc1ccc(-n2nnc(-c3cc(-c4ccccc4)c(C(=O)n4nc(C)c(N=Nc5ccccc5)c4C)c(C)n3)c2C)cc1. The summed E-state index contributed by atoms with van der Waals surface area (Å²) in [6.07, 6.45) is 0. The molecule has 0 N–H and O–H groups in total. The number of benzene rings is 3. The monoisotopic (exact) mass is 566 g/mol. The van der Waals surface area contributed by atoms with Crippen molar-refractivity contribution in [3.05, 3.63) is 125 Å². The third-order valence-corrected chi connectivity index (χ3v) is 7.38. The van der Waals surface area contributed by atoms with E-state index in [1.807, 2.05) is 126 Å². The molecule has 212 valence electrons. The molecule has 0 atom stereocenters. The quantitative estimate of drug-likeness (QED) is 0.191. The number of carbonyl (C=O) groups excluding carboxylic acids is 1. The summed E-state index contributed by atoms with van der Waals surface area (Å²) in [5.41, 5.74) is 9.33. The fourth-order valence-electron chi connectivity index (χ4n) is 5.09. The lowest BCUT2D eigenvalue weighted by molar-refractivity contribution is 0.0942. The molecule has 6 aromatic rings. The molecule has 0 aliphatic rings. The fraction of sp³-hybridized carbons (Fsp3) is 0.147. The number of carbonyl (C=O) groups is 1.